The highest BCUT2D eigenvalue weighted by Crippen LogP contribution is 2.36. The monoisotopic (exact) mass is 300 g/mol. The lowest BCUT2D eigenvalue weighted by Crippen LogP contribution is -2.21. The van der Waals surface area contributed by atoms with E-state index in [1.165, 1.54) is 24.3 Å². The first kappa shape index (κ1) is 15.7. The fourth-order valence-electron chi connectivity index (χ4n) is 2.42. The zero-order valence-electron chi connectivity index (χ0n) is 12.5. The van der Waals surface area contributed by atoms with Gasteiger partial charge in [0.15, 0.2) is 5.78 Å². The van der Waals surface area contributed by atoms with Crippen LogP contribution in [0.15, 0.2) is 30.3 Å². The molecular formula is C17H16O5. The maximum Gasteiger partial charge on any atom is 0.201 e. The number of methoxy groups -OCH3 is 1. The molecule has 0 saturated carbocycles. The van der Waals surface area contributed by atoms with Crippen LogP contribution in [-0.2, 0) is 4.74 Å². The van der Waals surface area contributed by atoms with Gasteiger partial charge in [0.25, 0.3) is 0 Å². The maximum absolute atomic E-state index is 12.3. The SMILES string of the molecule is COC.Cc1cc(O)c2c(c1)C(=O)c1cccc(O)c1C2=O. The Morgan fingerprint density at radius 1 is 0.864 bits per heavy atom. The highest BCUT2D eigenvalue weighted by atomic mass is 16.4. The summed E-state index contributed by atoms with van der Waals surface area (Å²) in [5, 5.41) is 19.6. The lowest BCUT2D eigenvalue weighted by Gasteiger charge is -2.19. The molecule has 0 amide bonds. The van der Waals surface area contributed by atoms with Gasteiger partial charge in [0.2, 0.25) is 5.78 Å². The van der Waals surface area contributed by atoms with Gasteiger partial charge in [-0.2, -0.15) is 0 Å². The summed E-state index contributed by atoms with van der Waals surface area (Å²) in [7, 11) is 3.25. The first-order chi connectivity index (χ1) is 10.4. The molecular weight excluding hydrogens is 284 g/mol. The lowest BCUT2D eigenvalue weighted by molar-refractivity contribution is 0.0974. The highest BCUT2D eigenvalue weighted by molar-refractivity contribution is 6.30. The van der Waals surface area contributed by atoms with Gasteiger partial charge >= 0.3 is 0 Å². The Balaban J connectivity index is 0.000000545. The standard InChI is InChI=1S/C15H10O4.C2H6O/c1-7-5-9-13(11(17)6-7)15(19)12-8(14(9)18)3-2-4-10(12)16;1-3-2/h2-6,16-17H,1H3;1-2H3. The maximum atomic E-state index is 12.3. The minimum Gasteiger partial charge on any atom is -0.507 e. The number of carbonyl (C=O) groups excluding carboxylic acids is 2. The van der Waals surface area contributed by atoms with Crippen molar-refractivity contribution in [1.29, 1.82) is 0 Å². The van der Waals surface area contributed by atoms with Crippen LogP contribution in [0.1, 0.15) is 37.4 Å². The number of ketones is 2. The number of phenols is 2. The molecule has 5 nitrogen and oxygen atoms in total. The fraction of sp³-hybridized carbons (Fsp3) is 0.176. The smallest absolute Gasteiger partial charge is 0.201 e. The molecule has 0 bridgehead atoms. The number of fused-ring (bicyclic) bond motifs is 2. The van der Waals surface area contributed by atoms with Crippen LogP contribution in [0, 0.1) is 6.92 Å². The molecule has 0 saturated heterocycles. The molecule has 0 atom stereocenters. The third-order valence-electron chi connectivity index (χ3n) is 3.25. The Hall–Kier alpha value is -2.66. The number of carbonyl (C=O) groups is 2. The normalized spacial score (nSPS) is 12.1. The van der Waals surface area contributed by atoms with E-state index in [-0.39, 0.29) is 39.5 Å². The lowest BCUT2D eigenvalue weighted by atomic mass is 9.82. The van der Waals surface area contributed by atoms with Crippen molar-refractivity contribution in [3.8, 4) is 11.5 Å². The van der Waals surface area contributed by atoms with Gasteiger partial charge in [0, 0.05) is 25.3 Å². The molecule has 0 fully saturated rings. The number of benzene rings is 2. The van der Waals surface area contributed by atoms with Crippen LogP contribution >= 0.6 is 0 Å². The van der Waals surface area contributed by atoms with Crippen LogP contribution < -0.4 is 0 Å². The van der Waals surface area contributed by atoms with Crippen molar-refractivity contribution < 1.29 is 24.5 Å². The van der Waals surface area contributed by atoms with Crippen LogP contribution in [0.4, 0.5) is 0 Å². The molecule has 1 aliphatic carbocycles. The van der Waals surface area contributed by atoms with Crippen LogP contribution in [0.25, 0.3) is 0 Å². The van der Waals surface area contributed by atoms with Crippen molar-refractivity contribution in [2.75, 3.05) is 14.2 Å². The Morgan fingerprint density at radius 3 is 2.09 bits per heavy atom. The fourth-order valence-corrected chi connectivity index (χ4v) is 2.42. The predicted molar refractivity (Wildman–Crippen MR) is 80.7 cm³/mol. The topological polar surface area (TPSA) is 83.8 Å². The molecule has 114 valence electrons. The molecule has 5 heteroatoms. The van der Waals surface area contributed by atoms with Gasteiger partial charge in [-0.15, -0.1) is 0 Å². The molecule has 2 aromatic carbocycles. The van der Waals surface area contributed by atoms with E-state index in [1.807, 2.05) is 0 Å². The van der Waals surface area contributed by atoms with E-state index in [0.29, 0.717) is 5.56 Å². The summed E-state index contributed by atoms with van der Waals surface area (Å²) in [5.41, 5.74) is 0.966. The average Bonchev–Trinajstić information content (AvgIpc) is 2.44. The molecule has 0 unspecified atom stereocenters. The molecule has 22 heavy (non-hydrogen) atoms. The molecule has 0 aliphatic heterocycles. The molecule has 0 aromatic heterocycles. The van der Waals surface area contributed by atoms with Crippen molar-refractivity contribution in [2.24, 2.45) is 0 Å². The Kier molecular flexibility index (Phi) is 4.28. The zero-order chi connectivity index (χ0) is 16.4. The van der Waals surface area contributed by atoms with Gasteiger partial charge in [-0.25, -0.2) is 0 Å². The largest absolute Gasteiger partial charge is 0.507 e. The van der Waals surface area contributed by atoms with E-state index in [2.05, 4.69) is 4.74 Å². The summed E-state index contributed by atoms with van der Waals surface area (Å²) >= 11 is 0. The van der Waals surface area contributed by atoms with Gasteiger partial charge in [0.1, 0.15) is 11.5 Å². The first-order valence-corrected chi connectivity index (χ1v) is 6.57. The molecule has 0 heterocycles. The Labute approximate surface area is 127 Å². The van der Waals surface area contributed by atoms with E-state index < -0.39 is 5.78 Å². The molecule has 0 spiro atoms. The van der Waals surface area contributed by atoms with Crippen molar-refractivity contribution in [3.05, 3.63) is 58.1 Å². The minimum atomic E-state index is -0.528. The summed E-state index contributed by atoms with van der Waals surface area (Å²) in [5.74, 6) is -1.37. The number of phenolic OH excluding ortho intramolecular Hbond substituents is 2. The number of aromatic hydroxyl groups is 2. The van der Waals surface area contributed by atoms with E-state index >= 15 is 0 Å². The second kappa shape index (κ2) is 5.99. The molecule has 3 rings (SSSR count). The number of hydrogen-bond acceptors (Lipinski definition) is 5. The van der Waals surface area contributed by atoms with Crippen LogP contribution in [0.2, 0.25) is 0 Å². The first-order valence-electron chi connectivity index (χ1n) is 6.57. The van der Waals surface area contributed by atoms with Gasteiger partial charge in [-0.05, 0) is 30.7 Å². The van der Waals surface area contributed by atoms with Gasteiger partial charge in [-0.3, -0.25) is 9.59 Å². The number of hydrogen-bond donors (Lipinski definition) is 2. The Bertz CT molecular complexity index is 762. The molecule has 0 radical (unpaired) electrons. The van der Waals surface area contributed by atoms with Gasteiger partial charge in [-0.1, -0.05) is 12.1 Å². The molecule has 2 N–H and O–H groups in total. The van der Waals surface area contributed by atoms with E-state index in [4.69, 9.17) is 0 Å². The zero-order valence-corrected chi connectivity index (χ0v) is 12.5. The van der Waals surface area contributed by atoms with Crippen LogP contribution in [0.3, 0.4) is 0 Å². The van der Waals surface area contributed by atoms with Crippen LogP contribution in [0.5, 0.6) is 11.5 Å². The van der Waals surface area contributed by atoms with Crippen molar-refractivity contribution in [1.82, 2.24) is 0 Å². The summed E-state index contributed by atoms with van der Waals surface area (Å²) in [6, 6.07) is 7.36. The van der Waals surface area contributed by atoms with Gasteiger partial charge in [0.05, 0.1) is 11.1 Å². The third-order valence-corrected chi connectivity index (χ3v) is 3.25. The highest BCUT2D eigenvalue weighted by Gasteiger charge is 2.34. The number of aryl methyl sites for hydroxylation is 1. The number of rotatable bonds is 0. The molecule has 1 aliphatic rings. The summed E-state index contributed by atoms with van der Waals surface area (Å²) in [6.45, 7) is 1.73. The third kappa shape index (κ3) is 2.46. The quantitative estimate of drug-likeness (QED) is 0.666. The van der Waals surface area contributed by atoms with E-state index in [9.17, 15) is 19.8 Å². The number of ether oxygens (including phenoxy) is 1. The predicted octanol–water partition coefficient (Wildman–Crippen LogP) is 2.44. The minimum absolute atomic E-state index is 0.0374. The Morgan fingerprint density at radius 2 is 1.45 bits per heavy atom. The van der Waals surface area contributed by atoms with Crippen molar-refractivity contribution in [2.45, 2.75) is 6.92 Å². The molecule has 2 aromatic rings. The van der Waals surface area contributed by atoms with Crippen molar-refractivity contribution >= 4 is 11.6 Å². The van der Waals surface area contributed by atoms with E-state index in [0.717, 1.165) is 0 Å². The van der Waals surface area contributed by atoms with Crippen LogP contribution in [-0.4, -0.2) is 36.0 Å². The summed E-state index contributed by atoms with van der Waals surface area (Å²) in [4.78, 5) is 24.7. The van der Waals surface area contributed by atoms with Gasteiger partial charge < -0.3 is 14.9 Å². The summed E-state index contributed by atoms with van der Waals surface area (Å²) in [6.07, 6.45) is 0. The summed E-state index contributed by atoms with van der Waals surface area (Å²) < 4.78 is 4.25. The van der Waals surface area contributed by atoms with Crippen molar-refractivity contribution in [3.63, 3.8) is 0 Å². The average molecular weight is 300 g/mol. The van der Waals surface area contributed by atoms with E-state index in [1.54, 1.807) is 27.2 Å². The second-order valence-electron chi connectivity index (χ2n) is 4.97. The second-order valence-corrected chi connectivity index (χ2v) is 4.97.